The van der Waals surface area contributed by atoms with Gasteiger partial charge in [0.2, 0.25) is 5.91 Å². The molecular formula is C17H18ClNO3. The molecule has 0 N–H and O–H groups in total. The number of rotatable bonds is 4. The molecule has 4 nitrogen and oxygen atoms in total. The summed E-state index contributed by atoms with van der Waals surface area (Å²) in [5, 5.41) is 0.440. The first-order valence-corrected chi connectivity index (χ1v) is 7.40. The van der Waals surface area contributed by atoms with E-state index in [-0.39, 0.29) is 18.2 Å². The van der Waals surface area contributed by atoms with Crippen LogP contribution in [0.25, 0.3) is 0 Å². The molecule has 0 spiro atoms. The molecule has 0 atom stereocenters. The third kappa shape index (κ3) is 3.22. The van der Waals surface area contributed by atoms with E-state index in [1.54, 1.807) is 18.2 Å². The minimum Gasteiger partial charge on any atom is -0.488 e. The fourth-order valence-corrected chi connectivity index (χ4v) is 2.35. The number of hydrogen-bond acceptors (Lipinski definition) is 3. The second-order valence-corrected chi connectivity index (χ2v) is 5.59. The maximum absolute atomic E-state index is 12.4. The Morgan fingerprint density at radius 1 is 1.36 bits per heavy atom. The van der Waals surface area contributed by atoms with Crippen LogP contribution in [0.1, 0.15) is 27.2 Å². The first-order valence-electron chi connectivity index (χ1n) is 7.02. The Hall–Kier alpha value is -2.07. The van der Waals surface area contributed by atoms with Crippen LogP contribution in [-0.2, 0) is 9.59 Å². The lowest BCUT2D eigenvalue weighted by Gasteiger charge is -2.16. The number of imide groups is 1. The Morgan fingerprint density at radius 2 is 2.09 bits per heavy atom. The van der Waals surface area contributed by atoms with E-state index in [1.165, 1.54) is 4.90 Å². The van der Waals surface area contributed by atoms with E-state index in [0.29, 0.717) is 28.6 Å². The van der Waals surface area contributed by atoms with Crippen molar-refractivity contribution < 1.29 is 14.3 Å². The number of amides is 2. The van der Waals surface area contributed by atoms with Crippen molar-refractivity contribution >= 4 is 29.1 Å². The molecule has 2 rings (SSSR count). The van der Waals surface area contributed by atoms with E-state index >= 15 is 0 Å². The zero-order valence-corrected chi connectivity index (χ0v) is 13.6. The molecule has 0 aromatic heterocycles. The minimum absolute atomic E-state index is 0.137. The largest absolute Gasteiger partial charge is 0.488 e. The highest BCUT2D eigenvalue weighted by atomic mass is 35.5. The van der Waals surface area contributed by atoms with Crippen LogP contribution in [0.5, 0.6) is 5.75 Å². The number of allylic oxidation sites excluding steroid dienone is 2. The maximum atomic E-state index is 12.4. The zero-order chi connectivity index (χ0) is 16.3. The molecule has 5 heteroatoms. The molecule has 1 aromatic rings. The van der Waals surface area contributed by atoms with Gasteiger partial charge in [0, 0.05) is 11.6 Å². The van der Waals surface area contributed by atoms with Gasteiger partial charge in [-0.05, 0) is 32.9 Å². The van der Waals surface area contributed by atoms with E-state index in [2.05, 4.69) is 0 Å². The summed E-state index contributed by atoms with van der Waals surface area (Å²) >= 11 is 6.09. The molecule has 0 unspecified atom stereocenters. The molecule has 0 radical (unpaired) electrons. The van der Waals surface area contributed by atoms with Crippen LogP contribution in [0.4, 0.5) is 5.69 Å². The first-order chi connectivity index (χ1) is 10.5. The molecule has 2 amide bonds. The lowest BCUT2D eigenvalue weighted by atomic mass is 10.1. The summed E-state index contributed by atoms with van der Waals surface area (Å²) in [6.45, 7) is 5.93. The highest BCUT2D eigenvalue weighted by Crippen LogP contribution is 2.33. The summed E-state index contributed by atoms with van der Waals surface area (Å²) in [6, 6.07) is 4.90. The number of benzene rings is 1. The standard InChI is InChI=1S/C17H18ClNO3/c1-4-5-8-22-15-9-12(6-7-14(15)18)19-16(20)10-13(11(2)3)17(19)21/h4-7,9H,8,10H2,1-3H3. The highest BCUT2D eigenvalue weighted by molar-refractivity contribution is 6.32. The van der Waals surface area contributed by atoms with E-state index in [9.17, 15) is 9.59 Å². The van der Waals surface area contributed by atoms with Crippen molar-refractivity contribution in [1.82, 2.24) is 0 Å². The number of carbonyl (C=O) groups excluding carboxylic acids is 2. The van der Waals surface area contributed by atoms with Gasteiger partial charge in [-0.15, -0.1) is 0 Å². The normalized spacial score (nSPS) is 15.1. The molecular weight excluding hydrogens is 302 g/mol. The van der Waals surface area contributed by atoms with E-state index in [1.807, 2.05) is 32.9 Å². The van der Waals surface area contributed by atoms with Gasteiger partial charge < -0.3 is 4.74 Å². The van der Waals surface area contributed by atoms with Crippen molar-refractivity contribution in [1.29, 1.82) is 0 Å². The van der Waals surface area contributed by atoms with Gasteiger partial charge in [0.25, 0.3) is 5.91 Å². The SMILES string of the molecule is CC=CCOc1cc(N2C(=O)CC(=C(C)C)C2=O)ccc1Cl. The van der Waals surface area contributed by atoms with Crippen LogP contribution >= 0.6 is 11.6 Å². The molecule has 1 heterocycles. The van der Waals surface area contributed by atoms with Crippen molar-refractivity contribution in [3.05, 3.63) is 46.5 Å². The van der Waals surface area contributed by atoms with Crippen molar-refractivity contribution in [2.75, 3.05) is 11.5 Å². The van der Waals surface area contributed by atoms with E-state index in [0.717, 1.165) is 5.57 Å². The maximum Gasteiger partial charge on any atom is 0.261 e. The topological polar surface area (TPSA) is 46.6 Å². The van der Waals surface area contributed by atoms with Crippen molar-refractivity contribution in [3.8, 4) is 5.75 Å². The van der Waals surface area contributed by atoms with Gasteiger partial charge in [0.1, 0.15) is 12.4 Å². The number of halogens is 1. The summed E-state index contributed by atoms with van der Waals surface area (Å²) in [7, 11) is 0. The number of nitrogens with zero attached hydrogens (tertiary/aromatic N) is 1. The molecule has 0 aliphatic carbocycles. The zero-order valence-electron chi connectivity index (χ0n) is 12.9. The Morgan fingerprint density at radius 3 is 2.68 bits per heavy atom. The van der Waals surface area contributed by atoms with Gasteiger partial charge in [-0.1, -0.05) is 29.3 Å². The van der Waals surface area contributed by atoms with Gasteiger partial charge >= 0.3 is 0 Å². The number of ether oxygens (including phenoxy) is 1. The average Bonchev–Trinajstić information content (AvgIpc) is 2.77. The molecule has 0 saturated carbocycles. The minimum atomic E-state index is -0.272. The lowest BCUT2D eigenvalue weighted by Crippen LogP contribution is -2.29. The van der Waals surface area contributed by atoms with Crippen LogP contribution in [0, 0.1) is 0 Å². The van der Waals surface area contributed by atoms with Crippen molar-refractivity contribution in [2.24, 2.45) is 0 Å². The summed E-state index contributed by atoms with van der Waals surface area (Å²) in [5.41, 5.74) is 1.89. The second-order valence-electron chi connectivity index (χ2n) is 5.18. The summed E-state index contributed by atoms with van der Waals surface area (Å²) < 4.78 is 5.54. The number of hydrogen-bond donors (Lipinski definition) is 0. The Balaban J connectivity index is 2.33. The predicted octanol–water partition coefficient (Wildman–Crippen LogP) is 3.89. The van der Waals surface area contributed by atoms with E-state index in [4.69, 9.17) is 16.3 Å². The molecule has 1 aromatic carbocycles. The molecule has 1 fully saturated rings. The molecule has 22 heavy (non-hydrogen) atoms. The molecule has 1 aliphatic rings. The highest BCUT2D eigenvalue weighted by Gasteiger charge is 2.35. The summed E-state index contributed by atoms with van der Waals surface area (Å²) in [4.78, 5) is 25.7. The van der Waals surface area contributed by atoms with Crippen LogP contribution in [0.3, 0.4) is 0 Å². The molecule has 1 aliphatic heterocycles. The van der Waals surface area contributed by atoms with Crippen LogP contribution in [0.15, 0.2) is 41.5 Å². The van der Waals surface area contributed by atoms with Crippen LogP contribution in [-0.4, -0.2) is 18.4 Å². The van der Waals surface area contributed by atoms with Crippen LogP contribution < -0.4 is 9.64 Å². The number of carbonyl (C=O) groups is 2. The smallest absolute Gasteiger partial charge is 0.261 e. The predicted molar refractivity (Wildman–Crippen MR) is 87.2 cm³/mol. The monoisotopic (exact) mass is 319 g/mol. The first kappa shape index (κ1) is 16.3. The fourth-order valence-electron chi connectivity index (χ4n) is 2.18. The molecule has 1 saturated heterocycles. The third-order valence-corrected chi connectivity index (χ3v) is 3.70. The Bertz CT molecular complexity index is 672. The van der Waals surface area contributed by atoms with Gasteiger partial charge in [-0.25, -0.2) is 4.90 Å². The Labute approximate surface area is 135 Å². The van der Waals surface area contributed by atoms with Gasteiger partial charge in [-0.3, -0.25) is 9.59 Å². The second kappa shape index (κ2) is 6.79. The van der Waals surface area contributed by atoms with Crippen molar-refractivity contribution in [2.45, 2.75) is 27.2 Å². The quantitative estimate of drug-likeness (QED) is 0.480. The molecule has 116 valence electrons. The summed E-state index contributed by atoms with van der Waals surface area (Å²) in [5.74, 6) is -0.0573. The fraction of sp³-hybridized carbons (Fsp3) is 0.294. The lowest BCUT2D eigenvalue weighted by molar-refractivity contribution is -0.120. The third-order valence-electron chi connectivity index (χ3n) is 3.39. The van der Waals surface area contributed by atoms with E-state index < -0.39 is 0 Å². The van der Waals surface area contributed by atoms with Gasteiger partial charge in [0.15, 0.2) is 0 Å². The van der Waals surface area contributed by atoms with Gasteiger partial charge in [0.05, 0.1) is 17.1 Å². The summed E-state index contributed by atoms with van der Waals surface area (Å²) in [6.07, 6.45) is 3.85. The van der Waals surface area contributed by atoms with Gasteiger partial charge in [-0.2, -0.15) is 0 Å². The average molecular weight is 320 g/mol. The Kier molecular flexibility index (Phi) is 5.03. The van der Waals surface area contributed by atoms with Crippen LogP contribution in [0.2, 0.25) is 5.02 Å². The number of anilines is 1. The van der Waals surface area contributed by atoms with Crippen molar-refractivity contribution in [3.63, 3.8) is 0 Å². The molecule has 0 bridgehead atoms.